The standard InChI is InChI=1S/C17H19ClF3N3/c1-5-10-22-16(17(19,20)21)12(6-2)13(7-3)24-14-8-9-15(18)23-11(14)4/h5-6,8-10H,7H2,1-4H3/b10-5-,12-6-,22-16-,24-13?. The maximum absolute atomic E-state index is 13.4. The van der Waals surface area contributed by atoms with Crippen molar-refractivity contribution in [3.63, 3.8) is 0 Å². The molecule has 24 heavy (non-hydrogen) atoms. The first-order valence-electron chi connectivity index (χ1n) is 7.38. The minimum Gasteiger partial charge on any atom is -0.251 e. The Morgan fingerprint density at radius 1 is 1.29 bits per heavy atom. The Hall–Kier alpha value is -1.95. The van der Waals surface area contributed by atoms with Crippen LogP contribution in [0, 0.1) is 6.92 Å². The second-order valence-electron chi connectivity index (χ2n) is 4.81. The van der Waals surface area contributed by atoms with Gasteiger partial charge in [0.15, 0.2) is 5.71 Å². The molecule has 0 unspecified atom stereocenters. The van der Waals surface area contributed by atoms with Crippen LogP contribution in [0.4, 0.5) is 18.9 Å². The second kappa shape index (κ2) is 8.78. The molecule has 0 aliphatic carbocycles. The molecule has 130 valence electrons. The van der Waals surface area contributed by atoms with Crippen LogP contribution >= 0.6 is 11.6 Å². The highest BCUT2D eigenvalue weighted by Gasteiger charge is 2.38. The van der Waals surface area contributed by atoms with Gasteiger partial charge in [-0.25, -0.2) is 4.98 Å². The van der Waals surface area contributed by atoms with Crippen molar-refractivity contribution < 1.29 is 13.2 Å². The van der Waals surface area contributed by atoms with Crippen LogP contribution in [0.25, 0.3) is 0 Å². The van der Waals surface area contributed by atoms with E-state index >= 15 is 0 Å². The lowest BCUT2D eigenvalue weighted by molar-refractivity contribution is -0.0579. The maximum Gasteiger partial charge on any atom is 0.433 e. The van der Waals surface area contributed by atoms with Gasteiger partial charge in [0.05, 0.1) is 11.4 Å². The summed E-state index contributed by atoms with van der Waals surface area (Å²) in [5.74, 6) is 0. The lowest BCUT2D eigenvalue weighted by atomic mass is 10.0. The summed E-state index contributed by atoms with van der Waals surface area (Å²) >= 11 is 5.80. The van der Waals surface area contributed by atoms with Crippen molar-refractivity contribution in [1.82, 2.24) is 4.98 Å². The monoisotopic (exact) mass is 357 g/mol. The van der Waals surface area contributed by atoms with E-state index in [9.17, 15) is 13.2 Å². The van der Waals surface area contributed by atoms with E-state index in [1.807, 2.05) is 0 Å². The van der Waals surface area contributed by atoms with Crippen molar-refractivity contribution in [3.8, 4) is 0 Å². The van der Waals surface area contributed by atoms with E-state index in [0.717, 1.165) is 6.20 Å². The van der Waals surface area contributed by atoms with Gasteiger partial charge in [0.2, 0.25) is 0 Å². The summed E-state index contributed by atoms with van der Waals surface area (Å²) in [5.41, 5.74) is 0.289. The normalized spacial score (nSPS) is 14.6. The topological polar surface area (TPSA) is 37.6 Å². The average Bonchev–Trinajstić information content (AvgIpc) is 2.50. The molecule has 3 nitrogen and oxygen atoms in total. The number of aryl methyl sites for hydroxylation is 1. The first-order valence-corrected chi connectivity index (χ1v) is 7.76. The number of hydrogen-bond donors (Lipinski definition) is 0. The van der Waals surface area contributed by atoms with E-state index in [-0.39, 0.29) is 11.3 Å². The molecule has 0 radical (unpaired) electrons. The van der Waals surface area contributed by atoms with Crippen molar-refractivity contribution in [2.45, 2.75) is 40.3 Å². The molecule has 1 heterocycles. The second-order valence-corrected chi connectivity index (χ2v) is 5.20. The van der Waals surface area contributed by atoms with E-state index in [1.54, 1.807) is 32.9 Å². The lowest BCUT2D eigenvalue weighted by Crippen LogP contribution is -2.28. The van der Waals surface area contributed by atoms with Gasteiger partial charge in [-0.1, -0.05) is 30.7 Å². The van der Waals surface area contributed by atoms with Gasteiger partial charge in [-0.15, -0.1) is 0 Å². The molecule has 0 saturated carbocycles. The number of hydrogen-bond acceptors (Lipinski definition) is 3. The fourth-order valence-corrected chi connectivity index (χ4v) is 2.19. The summed E-state index contributed by atoms with van der Waals surface area (Å²) in [6.45, 7) is 6.57. The Morgan fingerprint density at radius 3 is 2.42 bits per heavy atom. The van der Waals surface area contributed by atoms with Gasteiger partial charge >= 0.3 is 6.18 Å². The number of alkyl halides is 3. The van der Waals surface area contributed by atoms with Gasteiger partial charge in [-0.2, -0.15) is 13.2 Å². The minimum absolute atomic E-state index is 0.0440. The summed E-state index contributed by atoms with van der Waals surface area (Å²) in [7, 11) is 0. The summed E-state index contributed by atoms with van der Waals surface area (Å²) < 4.78 is 40.1. The van der Waals surface area contributed by atoms with Crippen LogP contribution in [0.3, 0.4) is 0 Å². The SMILES string of the molecule is C\C=C/N=C(/C(=C\C)C(CC)=Nc1ccc(Cl)nc1C)C(F)(F)F. The van der Waals surface area contributed by atoms with Crippen LogP contribution in [0.15, 0.2) is 46.0 Å². The molecule has 1 aromatic rings. The molecule has 0 N–H and O–H groups in total. The number of rotatable bonds is 5. The number of pyridine rings is 1. The van der Waals surface area contributed by atoms with Gasteiger partial charge in [0.1, 0.15) is 5.15 Å². The first kappa shape index (κ1) is 20.1. The molecular formula is C17H19ClF3N3. The maximum atomic E-state index is 13.4. The molecule has 0 atom stereocenters. The third kappa shape index (κ3) is 5.30. The zero-order valence-electron chi connectivity index (χ0n) is 13.9. The van der Waals surface area contributed by atoms with E-state index in [1.165, 1.54) is 19.1 Å². The van der Waals surface area contributed by atoms with Crippen LogP contribution in [0.1, 0.15) is 32.9 Å². The summed E-state index contributed by atoms with van der Waals surface area (Å²) in [5, 5.41) is 0.307. The minimum atomic E-state index is -4.58. The molecule has 0 spiro atoms. The lowest BCUT2D eigenvalue weighted by Gasteiger charge is -2.15. The number of aromatic nitrogens is 1. The summed E-state index contributed by atoms with van der Waals surface area (Å²) in [6.07, 6.45) is -0.335. The van der Waals surface area contributed by atoms with E-state index < -0.39 is 11.9 Å². The summed E-state index contributed by atoms with van der Waals surface area (Å²) in [6, 6.07) is 3.18. The van der Waals surface area contributed by atoms with E-state index in [0.29, 0.717) is 23.0 Å². The molecule has 1 rings (SSSR count). The first-order chi connectivity index (χ1) is 11.2. The smallest absolute Gasteiger partial charge is 0.251 e. The van der Waals surface area contributed by atoms with Crippen molar-refractivity contribution >= 4 is 28.7 Å². The Kier molecular flexibility index (Phi) is 7.35. The predicted octanol–water partition coefficient (Wildman–Crippen LogP) is 6.01. The van der Waals surface area contributed by atoms with Crippen molar-refractivity contribution in [2.24, 2.45) is 9.98 Å². The van der Waals surface area contributed by atoms with Crippen LogP contribution in [0.2, 0.25) is 5.15 Å². The predicted molar refractivity (Wildman–Crippen MR) is 93.4 cm³/mol. The van der Waals surface area contributed by atoms with Gasteiger partial charge in [0, 0.05) is 17.5 Å². The van der Waals surface area contributed by atoms with Crippen LogP contribution < -0.4 is 0 Å². The fourth-order valence-electron chi connectivity index (χ4n) is 2.00. The molecule has 0 fully saturated rings. The molecule has 0 aliphatic heterocycles. The molecule has 0 saturated heterocycles. The van der Waals surface area contributed by atoms with Crippen molar-refractivity contribution in [2.75, 3.05) is 0 Å². The molecule has 0 aliphatic rings. The van der Waals surface area contributed by atoms with E-state index in [2.05, 4.69) is 15.0 Å². The zero-order chi connectivity index (χ0) is 18.3. The van der Waals surface area contributed by atoms with Gasteiger partial charge in [-0.3, -0.25) is 9.98 Å². The highest BCUT2D eigenvalue weighted by Crippen LogP contribution is 2.27. The highest BCUT2D eigenvalue weighted by molar-refractivity contribution is 6.29. The average molecular weight is 358 g/mol. The van der Waals surface area contributed by atoms with Crippen LogP contribution in [0.5, 0.6) is 0 Å². The van der Waals surface area contributed by atoms with Crippen molar-refractivity contribution in [1.29, 1.82) is 0 Å². The number of halogens is 4. The van der Waals surface area contributed by atoms with Crippen LogP contribution in [-0.4, -0.2) is 22.6 Å². The molecule has 0 aromatic carbocycles. The molecule has 7 heteroatoms. The fraction of sp³-hybridized carbons (Fsp3) is 0.353. The third-order valence-corrected chi connectivity index (χ3v) is 3.30. The Morgan fingerprint density at radius 2 is 1.96 bits per heavy atom. The highest BCUT2D eigenvalue weighted by atomic mass is 35.5. The van der Waals surface area contributed by atoms with Gasteiger partial charge < -0.3 is 0 Å². The van der Waals surface area contributed by atoms with Gasteiger partial charge in [-0.05, 0) is 39.3 Å². The Labute approximate surface area is 144 Å². The molecule has 0 bridgehead atoms. The number of aliphatic imine (C=N–C) groups is 2. The largest absolute Gasteiger partial charge is 0.433 e. The number of nitrogens with zero attached hydrogens (tertiary/aromatic N) is 3. The summed E-state index contributed by atoms with van der Waals surface area (Å²) in [4.78, 5) is 12.0. The molecule has 1 aromatic heterocycles. The number of allylic oxidation sites excluding steroid dienone is 3. The van der Waals surface area contributed by atoms with E-state index in [4.69, 9.17) is 11.6 Å². The van der Waals surface area contributed by atoms with Crippen molar-refractivity contribution in [3.05, 3.63) is 46.9 Å². The molecule has 0 amide bonds. The Bertz CT molecular complexity index is 702. The van der Waals surface area contributed by atoms with Gasteiger partial charge in [0.25, 0.3) is 0 Å². The third-order valence-electron chi connectivity index (χ3n) is 3.09. The quantitative estimate of drug-likeness (QED) is 0.469. The zero-order valence-corrected chi connectivity index (χ0v) is 14.7. The van der Waals surface area contributed by atoms with Crippen LogP contribution in [-0.2, 0) is 0 Å². The Balaban J connectivity index is 3.45. The molecular weight excluding hydrogens is 339 g/mol.